The predicted molar refractivity (Wildman–Crippen MR) is 156 cm³/mol. The highest BCUT2D eigenvalue weighted by molar-refractivity contribution is 8.18. The molecule has 0 aromatic heterocycles. The molecule has 202 valence electrons. The van der Waals surface area contributed by atoms with E-state index in [2.05, 4.69) is 4.99 Å². The molecule has 0 atom stereocenters. The summed E-state index contributed by atoms with van der Waals surface area (Å²) in [5, 5.41) is 1.57. The number of halogens is 2. The zero-order valence-electron chi connectivity index (χ0n) is 21.6. The Hall–Kier alpha value is -3.46. The van der Waals surface area contributed by atoms with Gasteiger partial charge < -0.3 is 14.2 Å². The number of amides is 1. The van der Waals surface area contributed by atoms with Crippen LogP contribution in [0.3, 0.4) is 0 Å². The fraction of sp³-hybridized carbons (Fsp3) is 0.207. The molecule has 39 heavy (non-hydrogen) atoms. The van der Waals surface area contributed by atoms with Crippen LogP contribution in [0.4, 0.5) is 5.69 Å². The van der Waals surface area contributed by atoms with Gasteiger partial charge in [0.05, 0.1) is 29.4 Å². The average Bonchev–Trinajstić information content (AvgIpc) is 3.17. The summed E-state index contributed by atoms with van der Waals surface area (Å²) in [5.74, 6) is 0.495. The van der Waals surface area contributed by atoms with E-state index < -0.39 is 5.97 Å². The molecule has 3 aromatic rings. The molecule has 1 aliphatic heterocycles. The van der Waals surface area contributed by atoms with Gasteiger partial charge in [-0.2, -0.15) is 0 Å². The summed E-state index contributed by atoms with van der Waals surface area (Å²) in [7, 11) is 1.66. The first-order chi connectivity index (χ1) is 18.8. The topological polar surface area (TPSA) is 77.4 Å². The number of benzene rings is 3. The quantitative estimate of drug-likeness (QED) is 0.193. The van der Waals surface area contributed by atoms with Gasteiger partial charge in [-0.1, -0.05) is 41.4 Å². The van der Waals surface area contributed by atoms with E-state index in [-0.39, 0.29) is 19.1 Å². The van der Waals surface area contributed by atoms with Crippen LogP contribution in [0, 0.1) is 0 Å². The number of carbonyl (C=O) groups excluding carboxylic acids is 2. The molecule has 1 amide bonds. The lowest BCUT2D eigenvalue weighted by Gasteiger charge is -2.13. The molecule has 0 saturated carbocycles. The van der Waals surface area contributed by atoms with Crippen molar-refractivity contribution in [2.75, 3.05) is 20.3 Å². The van der Waals surface area contributed by atoms with E-state index in [4.69, 9.17) is 37.4 Å². The van der Waals surface area contributed by atoms with Crippen molar-refractivity contribution in [3.63, 3.8) is 0 Å². The van der Waals surface area contributed by atoms with Gasteiger partial charge in [-0.25, -0.2) is 9.79 Å². The summed E-state index contributed by atoms with van der Waals surface area (Å²) in [6.45, 7) is 4.60. The SMILES string of the molecule is CCOC(=O)c1cccc(N=C2SC(=Cc3ccc(OCc4ccc(Cl)cc4Cl)c(OCC)c3)C(=O)N2C)c1. The average molecular weight is 586 g/mol. The van der Waals surface area contributed by atoms with Crippen LogP contribution in [0.15, 0.2) is 70.6 Å². The molecule has 1 fully saturated rings. The van der Waals surface area contributed by atoms with Gasteiger partial charge in [0, 0.05) is 22.7 Å². The summed E-state index contributed by atoms with van der Waals surface area (Å²) in [4.78, 5) is 31.6. The van der Waals surface area contributed by atoms with Crippen LogP contribution in [0.25, 0.3) is 6.08 Å². The van der Waals surface area contributed by atoms with Gasteiger partial charge in [0.15, 0.2) is 16.7 Å². The predicted octanol–water partition coefficient (Wildman–Crippen LogP) is 7.38. The first-order valence-corrected chi connectivity index (χ1v) is 13.7. The Kier molecular flexibility index (Phi) is 9.56. The number of rotatable bonds is 9. The Morgan fingerprint density at radius 1 is 1.00 bits per heavy atom. The van der Waals surface area contributed by atoms with E-state index >= 15 is 0 Å². The van der Waals surface area contributed by atoms with Crippen molar-refractivity contribution < 1.29 is 23.8 Å². The molecule has 7 nitrogen and oxygen atoms in total. The molecule has 0 unspecified atom stereocenters. The Morgan fingerprint density at radius 2 is 1.82 bits per heavy atom. The number of carbonyl (C=O) groups is 2. The number of esters is 1. The minimum absolute atomic E-state index is 0.184. The standard InChI is InChI=1S/C29H26Cl2N2O5S/c1-4-36-25-13-18(9-12-24(25)38-17-20-10-11-21(30)16-23(20)31)14-26-27(34)33(3)29(39-26)32-22-8-6-7-19(15-22)28(35)37-5-2/h6-16H,4-5,17H2,1-3H3. The van der Waals surface area contributed by atoms with E-state index in [0.29, 0.717) is 49.5 Å². The fourth-order valence-corrected chi connectivity index (χ4v) is 5.08. The molecule has 10 heteroatoms. The van der Waals surface area contributed by atoms with Crippen LogP contribution in [0.1, 0.15) is 35.3 Å². The third-order valence-electron chi connectivity index (χ3n) is 5.55. The Morgan fingerprint density at radius 3 is 2.56 bits per heavy atom. The number of thioether (sulfide) groups is 1. The molecule has 0 N–H and O–H groups in total. The third-order valence-corrected chi connectivity index (χ3v) is 7.20. The van der Waals surface area contributed by atoms with Crippen LogP contribution in [-0.2, 0) is 16.1 Å². The molecule has 1 saturated heterocycles. The highest BCUT2D eigenvalue weighted by Gasteiger charge is 2.30. The van der Waals surface area contributed by atoms with Gasteiger partial charge in [0.2, 0.25) is 0 Å². The lowest BCUT2D eigenvalue weighted by atomic mass is 10.1. The van der Waals surface area contributed by atoms with Gasteiger partial charge in [0.1, 0.15) is 6.61 Å². The maximum atomic E-state index is 13.0. The summed E-state index contributed by atoms with van der Waals surface area (Å²) >= 11 is 13.5. The van der Waals surface area contributed by atoms with Crippen molar-refractivity contribution >= 4 is 63.8 Å². The number of ether oxygens (including phenoxy) is 3. The van der Waals surface area contributed by atoms with Crippen molar-refractivity contribution in [1.82, 2.24) is 4.90 Å². The van der Waals surface area contributed by atoms with E-state index in [0.717, 1.165) is 11.1 Å². The van der Waals surface area contributed by atoms with Gasteiger partial charge >= 0.3 is 5.97 Å². The smallest absolute Gasteiger partial charge is 0.338 e. The molecule has 4 rings (SSSR count). The minimum atomic E-state index is -0.419. The second-order valence-corrected chi connectivity index (χ2v) is 10.2. The highest BCUT2D eigenvalue weighted by atomic mass is 35.5. The normalized spacial score (nSPS) is 15.2. The number of aliphatic imine (C=N–C) groups is 1. The molecule has 0 bridgehead atoms. The first-order valence-electron chi connectivity index (χ1n) is 12.2. The van der Waals surface area contributed by atoms with E-state index in [1.165, 1.54) is 16.7 Å². The van der Waals surface area contributed by atoms with Gasteiger partial charge in [-0.15, -0.1) is 0 Å². The third kappa shape index (κ3) is 7.15. The first kappa shape index (κ1) is 28.5. The number of hydrogen-bond donors (Lipinski definition) is 0. The second-order valence-electron chi connectivity index (χ2n) is 8.30. The maximum absolute atomic E-state index is 13.0. The van der Waals surface area contributed by atoms with Crippen LogP contribution in [-0.4, -0.2) is 42.2 Å². The van der Waals surface area contributed by atoms with Crippen molar-refractivity contribution in [1.29, 1.82) is 0 Å². The van der Waals surface area contributed by atoms with Gasteiger partial charge in [0.25, 0.3) is 5.91 Å². The zero-order chi connectivity index (χ0) is 27.9. The summed E-state index contributed by atoms with van der Waals surface area (Å²) in [6.07, 6.45) is 1.78. The van der Waals surface area contributed by atoms with Crippen LogP contribution < -0.4 is 9.47 Å². The largest absolute Gasteiger partial charge is 0.490 e. The summed E-state index contributed by atoms with van der Waals surface area (Å²) in [5.41, 5.74) is 2.51. The van der Waals surface area contributed by atoms with Crippen LogP contribution in [0.5, 0.6) is 11.5 Å². The lowest BCUT2D eigenvalue weighted by Crippen LogP contribution is -2.23. The Balaban J connectivity index is 1.53. The number of hydrogen-bond acceptors (Lipinski definition) is 7. The molecule has 1 aliphatic rings. The monoisotopic (exact) mass is 584 g/mol. The Labute approximate surface area is 241 Å². The van der Waals surface area contributed by atoms with Crippen LogP contribution >= 0.6 is 35.0 Å². The van der Waals surface area contributed by atoms with Crippen molar-refractivity contribution in [3.8, 4) is 11.5 Å². The number of amidine groups is 1. The molecule has 0 aliphatic carbocycles. The minimum Gasteiger partial charge on any atom is -0.490 e. The second kappa shape index (κ2) is 13.1. The molecule has 0 radical (unpaired) electrons. The van der Waals surface area contributed by atoms with E-state index in [1.54, 1.807) is 62.5 Å². The fourth-order valence-electron chi connectivity index (χ4n) is 3.63. The lowest BCUT2D eigenvalue weighted by molar-refractivity contribution is -0.121. The molecule has 0 spiro atoms. The Bertz CT molecular complexity index is 1460. The van der Waals surface area contributed by atoms with E-state index in [1.807, 2.05) is 25.1 Å². The highest BCUT2D eigenvalue weighted by Crippen LogP contribution is 2.36. The number of nitrogens with zero attached hydrogens (tertiary/aromatic N) is 2. The number of likely N-dealkylation sites (N-methyl/N-ethyl adjacent to an activating group) is 1. The van der Waals surface area contributed by atoms with Crippen molar-refractivity contribution in [2.45, 2.75) is 20.5 Å². The van der Waals surface area contributed by atoms with Gasteiger partial charge in [-0.05, 0) is 79.7 Å². The molecule has 1 heterocycles. The molecular weight excluding hydrogens is 559 g/mol. The van der Waals surface area contributed by atoms with Gasteiger partial charge in [-0.3, -0.25) is 9.69 Å². The molecular formula is C29H26Cl2N2O5S. The summed E-state index contributed by atoms with van der Waals surface area (Å²) < 4.78 is 16.8. The maximum Gasteiger partial charge on any atom is 0.338 e. The summed E-state index contributed by atoms with van der Waals surface area (Å²) in [6, 6.07) is 17.5. The van der Waals surface area contributed by atoms with Crippen LogP contribution in [0.2, 0.25) is 10.0 Å². The van der Waals surface area contributed by atoms with Crippen molar-refractivity contribution in [2.24, 2.45) is 4.99 Å². The van der Waals surface area contributed by atoms with Crippen molar-refractivity contribution in [3.05, 3.63) is 92.3 Å². The molecule has 3 aromatic carbocycles. The zero-order valence-corrected chi connectivity index (χ0v) is 23.9. The van der Waals surface area contributed by atoms with E-state index in [9.17, 15) is 9.59 Å².